The first-order valence-corrected chi connectivity index (χ1v) is 6.14. The summed E-state index contributed by atoms with van der Waals surface area (Å²) in [5, 5.41) is 10.9. The van der Waals surface area contributed by atoms with Crippen LogP contribution in [0.5, 0.6) is 0 Å². The minimum atomic E-state index is -0.516. The van der Waals surface area contributed by atoms with Crippen LogP contribution in [0.4, 0.5) is 5.69 Å². The third kappa shape index (κ3) is 3.13. The van der Waals surface area contributed by atoms with E-state index in [-0.39, 0.29) is 16.8 Å². The summed E-state index contributed by atoms with van der Waals surface area (Å²) < 4.78 is 5.61. The lowest BCUT2D eigenvalue weighted by Crippen LogP contribution is -2.17. The van der Waals surface area contributed by atoms with Gasteiger partial charge in [-0.15, -0.1) is 0 Å². The minimum Gasteiger partial charge on any atom is -0.461 e. The maximum atomic E-state index is 10.8. The number of halogens is 1. The largest absolute Gasteiger partial charge is 0.461 e. The van der Waals surface area contributed by atoms with Crippen molar-refractivity contribution in [3.63, 3.8) is 0 Å². The molecule has 0 radical (unpaired) electrons. The Kier molecular flexibility index (Phi) is 3.87. The van der Waals surface area contributed by atoms with Crippen molar-refractivity contribution in [2.24, 2.45) is 5.73 Å². The molecule has 1 atom stereocenters. The Labute approximate surface area is 115 Å². The van der Waals surface area contributed by atoms with Crippen LogP contribution in [-0.2, 0) is 6.42 Å². The van der Waals surface area contributed by atoms with Crippen molar-refractivity contribution in [1.82, 2.24) is 0 Å². The molecule has 0 amide bonds. The van der Waals surface area contributed by atoms with Crippen molar-refractivity contribution < 1.29 is 9.34 Å². The Morgan fingerprint density at radius 2 is 2.16 bits per heavy atom. The lowest BCUT2D eigenvalue weighted by atomic mass is 10.1. The molecule has 1 aromatic carbocycles. The molecule has 0 spiro atoms. The molecule has 0 bridgehead atoms. The average Bonchev–Trinajstić information content (AvgIpc) is 2.76. The fourth-order valence-electron chi connectivity index (χ4n) is 1.77. The van der Waals surface area contributed by atoms with Gasteiger partial charge in [-0.25, -0.2) is 0 Å². The summed E-state index contributed by atoms with van der Waals surface area (Å²) >= 11 is 5.76. The quantitative estimate of drug-likeness (QED) is 0.687. The number of rotatable bonds is 4. The van der Waals surface area contributed by atoms with Crippen LogP contribution in [0.1, 0.15) is 12.7 Å². The molecule has 0 saturated carbocycles. The van der Waals surface area contributed by atoms with Crippen LogP contribution < -0.4 is 5.73 Å². The smallest absolute Gasteiger partial charge is 0.288 e. The third-order valence-electron chi connectivity index (χ3n) is 2.61. The molecule has 6 heteroatoms. The van der Waals surface area contributed by atoms with Crippen LogP contribution in [-0.4, -0.2) is 11.0 Å². The average molecular weight is 281 g/mol. The Bertz CT molecular complexity index is 608. The van der Waals surface area contributed by atoms with Crippen molar-refractivity contribution in [2.45, 2.75) is 19.4 Å². The number of nitrogens with zero attached hydrogens (tertiary/aromatic N) is 1. The molecule has 0 aliphatic rings. The molecule has 2 aromatic rings. The van der Waals surface area contributed by atoms with Gasteiger partial charge in [-0.3, -0.25) is 10.1 Å². The molecule has 0 fully saturated rings. The zero-order valence-corrected chi connectivity index (χ0v) is 11.1. The Hall–Kier alpha value is -1.85. The van der Waals surface area contributed by atoms with Crippen LogP contribution >= 0.6 is 11.6 Å². The number of benzene rings is 1. The summed E-state index contributed by atoms with van der Waals surface area (Å²) in [5.74, 6) is 1.32. The highest BCUT2D eigenvalue weighted by Crippen LogP contribution is 2.31. The van der Waals surface area contributed by atoms with Crippen LogP contribution in [0.25, 0.3) is 11.3 Å². The number of hydrogen-bond acceptors (Lipinski definition) is 4. The Balaban J connectivity index is 2.34. The molecular weight excluding hydrogens is 268 g/mol. The van der Waals surface area contributed by atoms with Crippen molar-refractivity contribution in [3.8, 4) is 11.3 Å². The predicted molar refractivity (Wildman–Crippen MR) is 73.2 cm³/mol. The summed E-state index contributed by atoms with van der Waals surface area (Å²) in [7, 11) is 0. The number of furan rings is 1. The fourth-order valence-corrected chi connectivity index (χ4v) is 1.95. The molecule has 5 nitrogen and oxygen atoms in total. The topological polar surface area (TPSA) is 82.3 Å². The lowest BCUT2D eigenvalue weighted by Gasteiger charge is -2.01. The van der Waals surface area contributed by atoms with Crippen LogP contribution in [0, 0.1) is 10.1 Å². The SMILES string of the molecule is CC(N)Cc1ccc(-c2ccc(Cl)c([N+](=O)[O-])c2)o1. The molecule has 0 saturated heterocycles. The summed E-state index contributed by atoms with van der Waals surface area (Å²) in [6.07, 6.45) is 0.621. The van der Waals surface area contributed by atoms with Gasteiger partial charge in [0.2, 0.25) is 0 Å². The molecule has 0 aliphatic heterocycles. The van der Waals surface area contributed by atoms with E-state index in [0.29, 0.717) is 17.7 Å². The zero-order chi connectivity index (χ0) is 14.0. The van der Waals surface area contributed by atoms with Gasteiger partial charge in [0.05, 0.1) is 4.92 Å². The fraction of sp³-hybridized carbons (Fsp3) is 0.231. The van der Waals surface area contributed by atoms with Gasteiger partial charge in [0, 0.05) is 24.1 Å². The van der Waals surface area contributed by atoms with E-state index in [2.05, 4.69) is 0 Å². The first-order valence-electron chi connectivity index (χ1n) is 5.76. The monoisotopic (exact) mass is 280 g/mol. The van der Waals surface area contributed by atoms with Crippen molar-refractivity contribution in [2.75, 3.05) is 0 Å². The van der Waals surface area contributed by atoms with E-state index < -0.39 is 4.92 Å². The minimum absolute atomic E-state index is 0.00134. The zero-order valence-electron chi connectivity index (χ0n) is 10.3. The molecule has 2 N–H and O–H groups in total. The van der Waals surface area contributed by atoms with E-state index in [1.54, 1.807) is 12.1 Å². The molecular formula is C13H13ClN2O3. The molecule has 2 rings (SSSR count). The van der Waals surface area contributed by atoms with E-state index in [1.165, 1.54) is 12.1 Å². The predicted octanol–water partition coefficient (Wildman–Crippen LogP) is 3.40. The van der Waals surface area contributed by atoms with Crippen LogP contribution in [0.15, 0.2) is 34.7 Å². The van der Waals surface area contributed by atoms with Gasteiger partial charge in [-0.1, -0.05) is 11.6 Å². The van der Waals surface area contributed by atoms with E-state index in [0.717, 1.165) is 5.76 Å². The van der Waals surface area contributed by atoms with Gasteiger partial charge in [-0.2, -0.15) is 0 Å². The maximum Gasteiger partial charge on any atom is 0.288 e. The normalized spacial score (nSPS) is 12.4. The van der Waals surface area contributed by atoms with Gasteiger partial charge in [-0.05, 0) is 31.2 Å². The van der Waals surface area contributed by atoms with E-state index >= 15 is 0 Å². The number of hydrogen-bond donors (Lipinski definition) is 1. The summed E-state index contributed by atoms with van der Waals surface area (Å²) in [6, 6.07) is 8.16. The maximum absolute atomic E-state index is 10.8. The summed E-state index contributed by atoms with van der Waals surface area (Å²) in [5.41, 5.74) is 6.17. The molecule has 0 aliphatic carbocycles. The second-order valence-corrected chi connectivity index (χ2v) is 4.78. The van der Waals surface area contributed by atoms with Crippen molar-refractivity contribution in [3.05, 3.63) is 51.2 Å². The van der Waals surface area contributed by atoms with Gasteiger partial charge in [0.25, 0.3) is 5.69 Å². The van der Waals surface area contributed by atoms with Gasteiger partial charge in [0.1, 0.15) is 16.5 Å². The van der Waals surface area contributed by atoms with Gasteiger partial charge < -0.3 is 10.2 Å². The Morgan fingerprint density at radius 1 is 1.42 bits per heavy atom. The summed E-state index contributed by atoms with van der Waals surface area (Å²) in [6.45, 7) is 1.88. The first kappa shape index (κ1) is 13.6. The number of nitro groups is 1. The highest BCUT2D eigenvalue weighted by molar-refractivity contribution is 6.32. The Morgan fingerprint density at radius 3 is 2.79 bits per heavy atom. The second-order valence-electron chi connectivity index (χ2n) is 4.37. The third-order valence-corrected chi connectivity index (χ3v) is 2.93. The van der Waals surface area contributed by atoms with E-state index in [4.69, 9.17) is 21.8 Å². The van der Waals surface area contributed by atoms with Crippen LogP contribution in [0.2, 0.25) is 5.02 Å². The van der Waals surface area contributed by atoms with E-state index in [1.807, 2.05) is 13.0 Å². The highest BCUT2D eigenvalue weighted by atomic mass is 35.5. The molecule has 1 unspecified atom stereocenters. The molecule has 1 heterocycles. The highest BCUT2D eigenvalue weighted by Gasteiger charge is 2.15. The summed E-state index contributed by atoms with van der Waals surface area (Å²) in [4.78, 5) is 10.3. The molecule has 1 aromatic heterocycles. The van der Waals surface area contributed by atoms with Gasteiger partial charge >= 0.3 is 0 Å². The molecule has 19 heavy (non-hydrogen) atoms. The number of nitrogens with two attached hydrogens (primary N) is 1. The van der Waals surface area contributed by atoms with Crippen molar-refractivity contribution >= 4 is 17.3 Å². The number of nitro benzene ring substituents is 1. The van der Waals surface area contributed by atoms with Crippen molar-refractivity contribution in [1.29, 1.82) is 0 Å². The lowest BCUT2D eigenvalue weighted by molar-refractivity contribution is -0.384. The first-order chi connectivity index (χ1) is 8.97. The van der Waals surface area contributed by atoms with E-state index in [9.17, 15) is 10.1 Å². The molecule has 100 valence electrons. The second kappa shape index (κ2) is 5.42. The van der Waals surface area contributed by atoms with Gasteiger partial charge in [0.15, 0.2) is 0 Å². The standard InChI is InChI=1S/C13H13ClN2O3/c1-8(15)6-10-3-5-13(19-10)9-2-4-11(14)12(7-9)16(17)18/h2-5,7-8H,6,15H2,1H3. The van der Waals surface area contributed by atoms with Crippen LogP contribution in [0.3, 0.4) is 0 Å².